The maximum Gasteiger partial charge on any atom is 0.414 e. The molecule has 0 unspecified atom stereocenters. The normalized spacial score (nSPS) is 6.50. The summed E-state index contributed by atoms with van der Waals surface area (Å²) >= 11 is 0. The van der Waals surface area contributed by atoms with E-state index in [1.807, 2.05) is 0 Å². The van der Waals surface area contributed by atoms with Crippen molar-refractivity contribution in [2.45, 2.75) is 0 Å². The molecule has 5 nitrogen and oxygen atoms in total. The second-order valence-corrected chi connectivity index (χ2v) is 0.735. The highest BCUT2D eigenvalue weighted by molar-refractivity contribution is 5.84. The average Bonchev–Trinajstić information content (AvgIpc) is 1.27. The SMILES string of the molecule is O=C(O)NC(=O)O.[AlH3]. The second-order valence-electron chi connectivity index (χ2n) is 0.735. The first-order valence-corrected chi connectivity index (χ1v) is 1.36. The van der Waals surface area contributed by atoms with Gasteiger partial charge in [-0.25, -0.2) is 14.9 Å². The molecule has 0 aromatic rings. The fourth-order valence-electron chi connectivity index (χ4n) is 0.0915. The van der Waals surface area contributed by atoms with Gasteiger partial charge < -0.3 is 10.2 Å². The number of hydrogen-bond donors (Lipinski definition) is 3. The van der Waals surface area contributed by atoms with Gasteiger partial charge in [0.25, 0.3) is 0 Å². The molecule has 0 spiro atoms. The first-order chi connectivity index (χ1) is 3.13. The van der Waals surface area contributed by atoms with E-state index in [2.05, 4.69) is 0 Å². The largest absolute Gasteiger partial charge is 0.465 e. The van der Waals surface area contributed by atoms with Crippen LogP contribution in [0.4, 0.5) is 9.59 Å². The Balaban J connectivity index is 0. The van der Waals surface area contributed by atoms with Crippen molar-refractivity contribution in [2.75, 3.05) is 0 Å². The van der Waals surface area contributed by atoms with Crippen LogP contribution in [0, 0.1) is 0 Å². The van der Waals surface area contributed by atoms with Gasteiger partial charge in [-0.2, -0.15) is 0 Å². The molecule has 2 amide bonds. The van der Waals surface area contributed by atoms with Crippen molar-refractivity contribution in [3.63, 3.8) is 0 Å². The van der Waals surface area contributed by atoms with Gasteiger partial charge in [-0.1, -0.05) is 0 Å². The van der Waals surface area contributed by atoms with Crippen LogP contribution in [0.5, 0.6) is 0 Å². The summed E-state index contributed by atoms with van der Waals surface area (Å²) in [6, 6.07) is 0. The van der Waals surface area contributed by atoms with Crippen LogP contribution >= 0.6 is 0 Å². The van der Waals surface area contributed by atoms with Crippen molar-refractivity contribution in [3.8, 4) is 0 Å². The molecular formula is C2H6AlNO4. The lowest BCUT2D eigenvalue weighted by molar-refractivity contribution is 0.174. The lowest BCUT2D eigenvalue weighted by Gasteiger charge is -1.85. The third kappa shape index (κ3) is 8.99. The number of imide groups is 1. The van der Waals surface area contributed by atoms with Crippen LogP contribution in [0.1, 0.15) is 0 Å². The lowest BCUT2D eigenvalue weighted by Crippen LogP contribution is -2.26. The monoisotopic (exact) mass is 135 g/mol. The molecule has 0 fully saturated rings. The van der Waals surface area contributed by atoms with Crippen LogP contribution in [0.3, 0.4) is 0 Å². The summed E-state index contributed by atoms with van der Waals surface area (Å²) in [5.74, 6) is 0. The van der Waals surface area contributed by atoms with Gasteiger partial charge in [0.2, 0.25) is 0 Å². The molecule has 0 bridgehead atoms. The molecule has 0 rings (SSSR count). The van der Waals surface area contributed by atoms with Gasteiger partial charge in [0.1, 0.15) is 0 Å². The minimum Gasteiger partial charge on any atom is -0.465 e. The summed E-state index contributed by atoms with van der Waals surface area (Å²) in [6.07, 6.45) is -3.12. The summed E-state index contributed by atoms with van der Waals surface area (Å²) in [6.45, 7) is 0. The van der Waals surface area contributed by atoms with Gasteiger partial charge in [0, 0.05) is 0 Å². The van der Waals surface area contributed by atoms with Gasteiger partial charge in [0.15, 0.2) is 17.4 Å². The molecule has 0 atom stereocenters. The van der Waals surface area contributed by atoms with Crippen molar-refractivity contribution in [3.05, 3.63) is 0 Å². The molecule has 0 radical (unpaired) electrons. The molecule has 0 aliphatic heterocycles. The first kappa shape index (κ1) is 10.3. The fourth-order valence-corrected chi connectivity index (χ4v) is 0.0915. The van der Waals surface area contributed by atoms with E-state index in [0.29, 0.717) is 0 Å². The Morgan fingerprint density at radius 3 is 1.38 bits per heavy atom. The van der Waals surface area contributed by atoms with Crippen LogP contribution in [0.25, 0.3) is 0 Å². The van der Waals surface area contributed by atoms with Crippen LogP contribution in [-0.4, -0.2) is 39.8 Å². The Kier molecular flexibility index (Phi) is 5.70. The molecule has 6 heteroatoms. The third-order valence-corrected chi connectivity index (χ3v) is 0.214. The summed E-state index contributed by atoms with van der Waals surface area (Å²) < 4.78 is 0. The second kappa shape index (κ2) is 4.43. The predicted octanol–water partition coefficient (Wildman–Crippen LogP) is -1.25. The Hall–Kier alpha value is -0.728. The van der Waals surface area contributed by atoms with Gasteiger partial charge in [-0.05, 0) is 0 Å². The van der Waals surface area contributed by atoms with E-state index in [4.69, 9.17) is 10.2 Å². The van der Waals surface area contributed by atoms with Gasteiger partial charge in [0.05, 0.1) is 0 Å². The number of amides is 2. The van der Waals surface area contributed by atoms with E-state index in [1.54, 1.807) is 0 Å². The molecule has 46 valence electrons. The molecule has 0 aromatic heterocycles. The summed E-state index contributed by atoms with van der Waals surface area (Å²) in [5, 5.41) is 16.3. The highest BCUT2D eigenvalue weighted by Gasteiger charge is 1.97. The Morgan fingerprint density at radius 1 is 1.12 bits per heavy atom. The summed E-state index contributed by atoms with van der Waals surface area (Å²) in [7, 11) is 0. The van der Waals surface area contributed by atoms with E-state index in [0.717, 1.165) is 5.32 Å². The smallest absolute Gasteiger partial charge is 0.414 e. The van der Waals surface area contributed by atoms with Gasteiger partial charge in [-0.3, -0.25) is 0 Å². The molecule has 0 saturated heterocycles. The molecule has 8 heavy (non-hydrogen) atoms. The number of carboxylic acid groups (broad SMARTS) is 2. The number of nitrogens with one attached hydrogen (secondary N) is 1. The summed E-state index contributed by atoms with van der Waals surface area (Å²) in [4.78, 5) is 18.6. The van der Waals surface area contributed by atoms with Crippen LogP contribution < -0.4 is 5.32 Å². The zero-order valence-electron chi connectivity index (χ0n) is 3.21. The quantitative estimate of drug-likeness (QED) is 0.362. The topological polar surface area (TPSA) is 86.6 Å². The number of rotatable bonds is 0. The van der Waals surface area contributed by atoms with Crippen molar-refractivity contribution in [1.29, 1.82) is 0 Å². The number of hydrogen-bond acceptors (Lipinski definition) is 2. The van der Waals surface area contributed by atoms with E-state index in [9.17, 15) is 9.59 Å². The highest BCUT2D eigenvalue weighted by atomic mass is 27.0. The van der Waals surface area contributed by atoms with E-state index >= 15 is 0 Å². The van der Waals surface area contributed by atoms with Crippen molar-refractivity contribution in [1.82, 2.24) is 5.32 Å². The molecular weight excluding hydrogens is 129 g/mol. The Bertz CT molecular complexity index is 90.2. The van der Waals surface area contributed by atoms with Crippen LogP contribution in [-0.2, 0) is 0 Å². The van der Waals surface area contributed by atoms with Crippen LogP contribution in [0.2, 0.25) is 0 Å². The van der Waals surface area contributed by atoms with E-state index < -0.39 is 12.2 Å². The molecule has 0 aromatic carbocycles. The standard InChI is InChI=1S/C2H3NO4.Al.3H/c4-1(5)3-2(6)7;;;;/h3H,(H,4,5)(H,6,7);;;;. The van der Waals surface area contributed by atoms with Gasteiger partial charge >= 0.3 is 12.2 Å². The minimum absolute atomic E-state index is 0. The molecule has 0 aliphatic carbocycles. The maximum absolute atomic E-state index is 9.32. The van der Waals surface area contributed by atoms with Gasteiger partial charge in [-0.15, -0.1) is 0 Å². The Morgan fingerprint density at radius 2 is 1.38 bits per heavy atom. The average molecular weight is 135 g/mol. The summed E-state index contributed by atoms with van der Waals surface area (Å²) in [5.41, 5.74) is 0. The first-order valence-electron chi connectivity index (χ1n) is 1.36. The van der Waals surface area contributed by atoms with E-state index in [-0.39, 0.29) is 17.4 Å². The van der Waals surface area contributed by atoms with E-state index in [1.165, 1.54) is 0 Å². The van der Waals surface area contributed by atoms with Crippen LogP contribution in [0.15, 0.2) is 0 Å². The van der Waals surface area contributed by atoms with Crippen molar-refractivity contribution in [2.24, 2.45) is 0 Å². The zero-order valence-corrected chi connectivity index (χ0v) is 3.21. The molecule has 0 heterocycles. The third-order valence-electron chi connectivity index (χ3n) is 0.214. The molecule has 0 aliphatic rings. The van der Waals surface area contributed by atoms with Crippen molar-refractivity contribution >= 4 is 29.5 Å². The minimum atomic E-state index is -1.56. The van der Waals surface area contributed by atoms with Crippen molar-refractivity contribution < 1.29 is 19.8 Å². The zero-order chi connectivity index (χ0) is 5.86. The fraction of sp³-hybridized carbons (Fsp3) is 0. The molecule has 3 N–H and O–H groups in total. The lowest BCUT2D eigenvalue weighted by atomic mass is 11.0. The highest BCUT2D eigenvalue weighted by Crippen LogP contribution is 1.59. The number of carbonyl (C=O) groups is 2. The molecule has 0 saturated carbocycles. The Labute approximate surface area is 55.4 Å². The predicted molar refractivity (Wildman–Crippen MR) is 29.1 cm³/mol. The maximum atomic E-state index is 9.32.